The molecule has 0 aromatic carbocycles. The van der Waals surface area contributed by atoms with Crippen molar-refractivity contribution in [2.75, 3.05) is 13.2 Å². The third-order valence-corrected chi connectivity index (χ3v) is 6.20. The molecule has 2 atom stereocenters. The van der Waals surface area contributed by atoms with Crippen molar-refractivity contribution in [3.8, 4) is 0 Å². The summed E-state index contributed by atoms with van der Waals surface area (Å²) in [5.74, 6) is 3.56. The van der Waals surface area contributed by atoms with Gasteiger partial charge in [0, 0.05) is 26.2 Å². The van der Waals surface area contributed by atoms with Crippen molar-refractivity contribution in [3.63, 3.8) is 0 Å². The third-order valence-electron chi connectivity index (χ3n) is 6.20. The van der Waals surface area contributed by atoms with Gasteiger partial charge in [-0.3, -0.25) is 0 Å². The van der Waals surface area contributed by atoms with Crippen molar-refractivity contribution in [2.24, 2.45) is 18.0 Å². The molecule has 1 saturated heterocycles. The van der Waals surface area contributed by atoms with E-state index in [9.17, 15) is 0 Å². The van der Waals surface area contributed by atoms with Crippen LogP contribution in [0.4, 0.5) is 0 Å². The Morgan fingerprint density at radius 1 is 1.21 bits per heavy atom. The summed E-state index contributed by atoms with van der Waals surface area (Å²) in [5, 5.41) is 15.4. The second-order valence-electron chi connectivity index (χ2n) is 8.53. The van der Waals surface area contributed by atoms with E-state index < -0.39 is 0 Å². The van der Waals surface area contributed by atoms with E-state index in [4.69, 9.17) is 9.73 Å². The predicted octanol–water partition coefficient (Wildman–Crippen LogP) is 3.09. The quantitative estimate of drug-likeness (QED) is 0.527. The number of rotatable bonds is 8. The number of hydrogen-bond acceptors (Lipinski definition) is 4. The molecule has 0 spiro atoms. The molecule has 0 bridgehead atoms. The van der Waals surface area contributed by atoms with Gasteiger partial charge in [-0.1, -0.05) is 32.1 Å². The lowest BCUT2D eigenvalue weighted by molar-refractivity contribution is 0.113. The van der Waals surface area contributed by atoms with E-state index in [2.05, 4.69) is 27.8 Å². The highest BCUT2D eigenvalue weighted by Crippen LogP contribution is 2.27. The van der Waals surface area contributed by atoms with Crippen LogP contribution >= 0.6 is 0 Å². The molecule has 2 unspecified atom stereocenters. The Morgan fingerprint density at radius 3 is 2.71 bits per heavy atom. The van der Waals surface area contributed by atoms with Crippen molar-refractivity contribution in [1.82, 2.24) is 25.4 Å². The molecule has 2 N–H and O–H groups in total. The summed E-state index contributed by atoms with van der Waals surface area (Å²) in [6, 6.07) is 0.402. The first-order valence-corrected chi connectivity index (χ1v) is 11.1. The van der Waals surface area contributed by atoms with E-state index in [1.807, 2.05) is 18.5 Å². The van der Waals surface area contributed by atoms with E-state index in [0.29, 0.717) is 18.7 Å². The number of guanidine groups is 1. The SMILES string of the molecule is Cc1nnc(CN=C(NCC2CCCO2)NC(C)CCC2CCCCC2)n1C. The predicted molar refractivity (Wildman–Crippen MR) is 112 cm³/mol. The topological polar surface area (TPSA) is 76.4 Å². The first-order valence-electron chi connectivity index (χ1n) is 11.1. The van der Waals surface area contributed by atoms with Gasteiger partial charge in [-0.15, -0.1) is 10.2 Å². The van der Waals surface area contributed by atoms with Crippen LogP contribution in [-0.2, 0) is 18.3 Å². The summed E-state index contributed by atoms with van der Waals surface area (Å²) in [6.07, 6.45) is 12.2. The van der Waals surface area contributed by atoms with Crippen LogP contribution in [0, 0.1) is 12.8 Å². The minimum atomic E-state index is 0.293. The molecule has 0 radical (unpaired) electrons. The first kappa shape index (κ1) is 21.1. The van der Waals surface area contributed by atoms with Crippen LogP contribution < -0.4 is 10.6 Å². The molecule has 28 heavy (non-hydrogen) atoms. The van der Waals surface area contributed by atoms with Gasteiger partial charge in [0.2, 0.25) is 0 Å². The molecule has 0 amide bonds. The molecule has 1 aliphatic heterocycles. The van der Waals surface area contributed by atoms with Gasteiger partial charge in [0.25, 0.3) is 0 Å². The van der Waals surface area contributed by atoms with Crippen molar-refractivity contribution < 1.29 is 4.74 Å². The van der Waals surface area contributed by atoms with Gasteiger partial charge in [0.1, 0.15) is 12.4 Å². The maximum absolute atomic E-state index is 5.75. The van der Waals surface area contributed by atoms with Crippen molar-refractivity contribution in [3.05, 3.63) is 11.6 Å². The van der Waals surface area contributed by atoms with E-state index >= 15 is 0 Å². The molecule has 1 aromatic rings. The maximum atomic E-state index is 5.75. The van der Waals surface area contributed by atoms with E-state index in [1.165, 1.54) is 44.9 Å². The molecule has 3 rings (SSSR count). The van der Waals surface area contributed by atoms with Gasteiger partial charge in [-0.05, 0) is 45.4 Å². The van der Waals surface area contributed by atoms with Gasteiger partial charge in [0.15, 0.2) is 11.8 Å². The molecule has 1 aliphatic carbocycles. The van der Waals surface area contributed by atoms with Crippen molar-refractivity contribution in [1.29, 1.82) is 0 Å². The second-order valence-corrected chi connectivity index (χ2v) is 8.53. The number of ether oxygens (including phenoxy) is 1. The van der Waals surface area contributed by atoms with Crippen LogP contribution in [0.5, 0.6) is 0 Å². The molecule has 158 valence electrons. The average Bonchev–Trinajstić information content (AvgIpc) is 3.34. The summed E-state index contributed by atoms with van der Waals surface area (Å²) in [6.45, 7) is 6.43. The molecule has 2 fully saturated rings. The largest absolute Gasteiger partial charge is 0.376 e. The number of aromatic nitrogens is 3. The smallest absolute Gasteiger partial charge is 0.192 e. The standard InChI is InChI=1S/C21H38N6O/c1-16(11-12-18-8-5-4-6-9-18)24-21(22-14-19-10-7-13-28-19)23-15-20-26-25-17(2)27(20)3/h16,18-19H,4-15H2,1-3H3,(H2,22,23,24). The zero-order valence-electron chi connectivity index (χ0n) is 17.9. The minimum Gasteiger partial charge on any atom is -0.376 e. The maximum Gasteiger partial charge on any atom is 0.192 e. The van der Waals surface area contributed by atoms with Crippen molar-refractivity contribution >= 4 is 5.96 Å². The molecule has 7 nitrogen and oxygen atoms in total. The number of aliphatic imine (C=N–C) groups is 1. The van der Waals surface area contributed by atoms with Gasteiger partial charge in [-0.2, -0.15) is 0 Å². The Hall–Kier alpha value is -1.63. The average molecular weight is 391 g/mol. The highest BCUT2D eigenvalue weighted by atomic mass is 16.5. The van der Waals surface area contributed by atoms with Crippen LogP contribution in [0.25, 0.3) is 0 Å². The van der Waals surface area contributed by atoms with E-state index in [-0.39, 0.29) is 0 Å². The van der Waals surface area contributed by atoms with Crippen molar-refractivity contribution in [2.45, 2.75) is 90.3 Å². The molecular weight excluding hydrogens is 352 g/mol. The van der Waals surface area contributed by atoms with E-state index in [0.717, 1.165) is 49.5 Å². The van der Waals surface area contributed by atoms with Crippen LogP contribution in [0.1, 0.15) is 76.4 Å². The summed E-state index contributed by atoms with van der Waals surface area (Å²) >= 11 is 0. The number of aryl methyl sites for hydroxylation is 1. The van der Waals surface area contributed by atoms with Gasteiger partial charge >= 0.3 is 0 Å². The zero-order valence-corrected chi connectivity index (χ0v) is 17.9. The Bertz CT molecular complexity index is 616. The fraction of sp³-hybridized carbons (Fsp3) is 0.857. The molecule has 2 aliphatic rings. The third kappa shape index (κ3) is 6.47. The monoisotopic (exact) mass is 390 g/mol. The Morgan fingerprint density at radius 2 is 2.04 bits per heavy atom. The summed E-state index contributed by atoms with van der Waals surface area (Å²) in [4.78, 5) is 4.78. The fourth-order valence-corrected chi connectivity index (χ4v) is 4.17. The number of nitrogens with zero attached hydrogens (tertiary/aromatic N) is 4. The lowest BCUT2D eigenvalue weighted by Gasteiger charge is -2.24. The molecular formula is C21H38N6O. The summed E-state index contributed by atoms with van der Waals surface area (Å²) in [7, 11) is 1.99. The molecule has 1 saturated carbocycles. The molecule has 2 heterocycles. The minimum absolute atomic E-state index is 0.293. The Kier molecular flexibility index (Phi) is 8.13. The highest BCUT2D eigenvalue weighted by molar-refractivity contribution is 5.80. The van der Waals surface area contributed by atoms with Crippen LogP contribution in [0.2, 0.25) is 0 Å². The lowest BCUT2D eigenvalue weighted by Crippen LogP contribution is -2.45. The fourth-order valence-electron chi connectivity index (χ4n) is 4.17. The highest BCUT2D eigenvalue weighted by Gasteiger charge is 2.18. The van der Waals surface area contributed by atoms with Crippen LogP contribution in [0.15, 0.2) is 4.99 Å². The number of hydrogen-bond donors (Lipinski definition) is 2. The summed E-state index contributed by atoms with van der Waals surface area (Å²) in [5.41, 5.74) is 0. The van der Waals surface area contributed by atoms with Crippen LogP contribution in [-0.4, -0.2) is 46.0 Å². The lowest BCUT2D eigenvalue weighted by atomic mass is 9.85. The molecule has 1 aromatic heterocycles. The van der Waals surface area contributed by atoms with Gasteiger partial charge in [-0.25, -0.2) is 4.99 Å². The van der Waals surface area contributed by atoms with E-state index in [1.54, 1.807) is 0 Å². The summed E-state index contributed by atoms with van der Waals surface area (Å²) < 4.78 is 7.74. The molecule has 7 heteroatoms. The van der Waals surface area contributed by atoms with Crippen LogP contribution in [0.3, 0.4) is 0 Å². The Balaban J connectivity index is 1.52. The Labute approximate surface area is 169 Å². The zero-order chi connectivity index (χ0) is 19.8. The number of nitrogens with one attached hydrogen (secondary N) is 2. The normalized spacial score (nSPS) is 22.4. The van der Waals surface area contributed by atoms with Gasteiger partial charge < -0.3 is 19.9 Å². The van der Waals surface area contributed by atoms with Gasteiger partial charge in [0.05, 0.1) is 6.10 Å². The first-order chi connectivity index (χ1) is 13.6. The second kappa shape index (κ2) is 10.8.